The number of aromatic nitrogens is 1. The molecule has 6 nitrogen and oxygen atoms in total. The Morgan fingerprint density at radius 2 is 1.84 bits per heavy atom. The van der Waals surface area contributed by atoms with Gasteiger partial charge in [-0.2, -0.15) is 0 Å². The van der Waals surface area contributed by atoms with Crippen LogP contribution in [0.25, 0.3) is 10.9 Å². The Kier molecular flexibility index (Phi) is 6.09. The van der Waals surface area contributed by atoms with Crippen molar-refractivity contribution in [2.45, 2.75) is 32.4 Å². The summed E-state index contributed by atoms with van der Waals surface area (Å²) < 4.78 is 7.59. The lowest BCUT2D eigenvalue weighted by atomic mass is 9.97. The number of fused-ring (bicyclic) bond motifs is 2. The van der Waals surface area contributed by atoms with Crippen molar-refractivity contribution in [1.82, 2.24) is 14.8 Å². The van der Waals surface area contributed by atoms with Crippen molar-refractivity contribution < 1.29 is 14.3 Å². The summed E-state index contributed by atoms with van der Waals surface area (Å²) in [5.74, 6) is -0.261. The monoisotopic (exact) mass is 419 g/mol. The van der Waals surface area contributed by atoms with Crippen molar-refractivity contribution in [3.8, 4) is 0 Å². The van der Waals surface area contributed by atoms with Crippen molar-refractivity contribution in [2.75, 3.05) is 19.7 Å². The van der Waals surface area contributed by atoms with Crippen LogP contribution >= 0.6 is 0 Å². The van der Waals surface area contributed by atoms with E-state index in [-0.39, 0.29) is 30.5 Å². The van der Waals surface area contributed by atoms with Gasteiger partial charge in [0.1, 0.15) is 6.54 Å². The Hall–Kier alpha value is -3.12. The maximum atomic E-state index is 13.2. The van der Waals surface area contributed by atoms with Gasteiger partial charge in [0.25, 0.3) is 5.91 Å². The fourth-order valence-electron chi connectivity index (χ4n) is 4.29. The van der Waals surface area contributed by atoms with Gasteiger partial charge in [0.05, 0.1) is 12.1 Å². The second kappa shape index (κ2) is 8.94. The summed E-state index contributed by atoms with van der Waals surface area (Å²) in [6.45, 7) is 5.13. The molecule has 1 aromatic heterocycles. The number of hydrogen-bond acceptors (Lipinski definition) is 3. The first kappa shape index (κ1) is 21.1. The number of amides is 2. The van der Waals surface area contributed by atoms with Crippen molar-refractivity contribution in [3.05, 3.63) is 71.4 Å². The summed E-state index contributed by atoms with van der Waals surface area (Å²) in [5.41, 5.74) is 3.75. The average molecular weight is 420 g/mol. The fraction of sp³-hybridized carbons (Fsp3) is 0.360. The van der Waals surface area contributed by atoms with Crippen LogP contribution in [0.3, 0.4) is 0 Å². The third-order valence-electron chi connectivity index (χ3n) is 5.69. The average Bonchev–Trinajstić information content (AvgIpc) is 3.22. The highest BCUT2D eigenvalue weighted by molar-refractivity contribution is 6.02. The topological polar surface area (TPSA) is 63.6 Å². The molecule has 0 radical (unpaired) electrons. The predicted molar refractivity (Wildman–Crippen MR) is 121 cm³/mol. The third kappa shape index (κ3) is 4.21. The van der Waals surface area contributed by atoms with Crippen LogP contribution in [-0.4, -0.2) is 47.1 Å². The second-order valence-electron chi connectivity index (χ2n) is 8.26. The molecule has 2 amide bonds. The molecule has 0 saturated heterocycles. The molecule has 162 valence electrons. The summed E-state index contributed by atoms with van der Waals surface area (Å²) >= 11 is 0. The summed E-state index contributed by atoms with van der Waals surface area (Å²) in [4.78, 5) is 27.6. The van der Waals surface area contributed by atoms with Crippen LogP contribution in [-0.2, 0) is 16.6 Å². The first-order valence-electron chi connectivity index (χ1n) is 10.8. The highest BCUT2D eigenvalue weighted by Crippen LogP contribution is 2.41. The Bertz CT molecular complexity index is 1100. The smallest absolute Gasteiger partial charge is 0.255 e. The summed E-state index contributed by atoms with van der Waals surface area (Å²) in [7, 11) is 2.00. The lowest BCUT2D eigenvalue weighted by molar-refractivity contribution is -0.122. The highest BCUT2D eigenvalue weighted by atomic mass is 16.5. The summed E-state index contributed by atoms with van der Waals surface area (Å²) in [6, 6.07) is 15.5. The Morgan fingerprint density at radius 1 is 1.10 bits per heavy atom. The zero-order valence-corrected chi connectivity index (χ0v) is 18.3. The van der Waals surface area contributed by atoms with E-state index in [1.54, 1.807) is 4.90 Å². The lowest BCUT2D eigenvalue weighted by Crippen LogP contribution is -2.40. The molecule has 1 atom stereocenters. The molecular weight excluding hydrogens is 390 g/mol. The molecule has 0 spiro atoms. The maximum Gasteiger partial charge on any atom is 0.255 e. The van der Waals surface area contributed by atoms with Crippen LogP contribution in [0.2, 0.25) is 0 Å². The number of nitrogens with zero attached hydrogens (tertiary/aromatic N) is 2. The van der Waals surface area contributed by atoms with Crippen LogP contribution in [0.4, 0.5) is 0 Å². The van der Waals surface area contributed by atoms with Gasteiger partial charge < -0.3 is 19.5 Å². The minimum Gasteiger partial charge on any atom is -0.379 e. The molecular formula is C25H29N3O3. The van der Waals surface area contributed by atoms with E-state index in [0.29, 0.717) is 18.7 Å². The normalized spacial score (nSPS) is 15.7. The zero-order chi connectivity index (χ0) is 22.0. The van der Waals surface area contributed by atoms with E-state index in [9.17, 15) is 9.59 Å². The highest BCUT2D eigenvalue weighted by Gasteiger charge is 2.39. The molecule has 6 heteroatoms. The van der Waals surface area contributed by atoms with E-state index < -0.39 is 0 Å². The minimum absolute atomic E-state index is 0.0203. The van der Waals surface area contributed by atoms with Crippen molar-refractivity contribution in [2.24, 2.45) is 7.05 Å². The number of carbonyl (C=O) groups excluding carboxylic acids is 2. The Morgan fingerprint density at radius 3 is 2.65 bits per heavy atom. The van der Waals surface area contributed by atoms with Gasteiger partial charge in [-0.25, -0.2) is 0 Å². The third-order valence-corrected chi connectivity index (χ3v) is 5.69. The van der Waals surface area contributed by atoms with Gasteiger partial charge >= 0.3 is 0 Å². The lowest BCUT2D eigenvalue weighted by Gasteiger charge is -2.25. The minimum atomic E-state index is -0.287. The van der Waals surface area contributed by atoms with Gasteiger partial charge in [0, 0.05) is 48.4 Å². The first-order valence-corrected chi connectivity index (χ1v) is 10.8. The number of rotatable bonds is 8. The van der Waals surface area contributed by atoms with Gasteiger partial charge in [0.15, 0.2) is 0 Å². The van der Waals surface area contributed by atoms with E-state index in [0.717, 1.165) is 28.5 Å². The van der Waals surface area contributed by atoms with Crippen molar-refractivity contribution in [1.29, 1.82) is 0 Å². The van der Waals surface area contributed by atoms with Crippen molar-refractivity contribution in [3.63, 3.8) is 0 Å². The van der Waals surface area contributed by atoms with Crippen LogP contribution in [0, 0.1) is 0 Å². The zero-order valence-electron chi connectivity index (χ0n) is 18.3. The molecule has 1 N–H and O–H groups in total. The van der Waals surface area contributed by atoms with E-state index in [1.165, 1.54) is 0 Å². The van der Waals surface area contributed by atoms with Gasteiger partial charge in [-0.1, -0.05) is 36.4 Å². The number of hydrogen-bond donors (Lipinski definition) is 1. The number of para-hydroxylation sites is 1. The van der Waals surface area contributed by atoms with Crippen molar-refractivity contribution >= 4 is 22.7 Å². The molecule has 0 fully saturated rings. The standard InChI is InChI=1S/C25H29N3O3/c1-17(2)31-14-8-13-26-23(29)16-28-24(19-10-4-5-11-20(19)25(28)30)21-15-27(3)22-12-7-6-9-18(21)22/h4-7,9-12,15,17,24H,8,13-14,16H2,1-3H3,(H,26,29)/t24-/m0/s1. The van der Waals surface area contributed by atoms with Gasteiger partial charge in [-0.15, -0.1) is 0 Å². The van der Waals surface area contributed by atoms with E-state index in [1.807, 2.05) is 57.3 Å². The summed E-state index contributed by atoms with van der Waals surface area (Å²) in [6.07, 6.45) is 2.99. The van der Waals surface area contributed by atoms with Crippen LogP contribution in [0.5, 0.6) is 0 Å². The fourth-order valence-corrected chi connectivity index (χ4v) is 4.29. The van der Waals surface area contributed by atoms with Gasteiger partial charge in [0.2, 0.25) is 5.91 Å². The molecule has 0 aliphatic carbocycles. The molecule has 3 aromatic rings. The second-order valence-corrected chi connectivity index (χ2v) is 8.26. The number of ether oxygens (including phenoxy) is 1. The molecule has 31 heavy (non-hydrogen) atoms. The molecule has 0 saturated carbocycles. The number of carbonyl (C=O) groups is 2. The molecule has 2 aromatic carbocycles. The molecule has 1 aliphatic heterocycles. The molecule has 4 rings (SSSR count). The Labute approximate surface area is 182 Å². The SMILES string of the molecule is CC(C)OCCCNC(=O)CN1C(=O)c2ccccc2[C@H]1c1cn(C)c2ccccc12. The quantitative estimate of drug-likeness (QED) is 0.567. The first-order chi connectivity index (χ1) is 15.0. The largest absolute Gasteiger partial charge is 0.379 e. The Balaban J connectivity index is 1.58. The molecule has 1 aliphatic rings. The molecule has 0 bridgehead atoms. The number of nitrogens with one attached hydrogen (secondary N) is 1. The van der Waals surface area contributed by atoms with Crippen LogP contribution in [0.15, 0.2) is 54.7 Å². The van der Waals surface area contributed by atoms with Crippen LogP contribution < -0.4 is 5.32 Å². The van der Waals surface area contributed by atoms with E-state index >= 15 is 0 Å². The summed E-state index contributed by atoms with van der Waals surface area (Å²) in [5, 5.41) is 4.02. The van der Waals surface area contributed by atoms with Crippen LogP contribution in [0.1, 0.15) is 47.8 Å². The molecule has 0 unspecified atom stereocenters. The number of aryl methyl sites for hydroxylation is 1. The van der Waals surface area contributed by atoms with Gasteiger partial charge in [-0.3, -0.25) is 9.59 Å². The molecule has 2 heterocycles. The van der Waals surface area contributed by atoms with E-state index in [2.05, 4.69) is 28.2 Å². The number of benzene rings is 2. The van der Waals surface area contributed by atoms with Gasteiger partial charge in [-0.05, 0) is 38.0 Å². The predicted octanol–water partition coefficient (Wildman–Crippen LogP) is 3.65. The maximum absolute atomic E-state index is 13.2. The van der Waals surface area contributed by atoms with E-state index in [4.69, 9.17) is 4.74 Å².